The van der Waals surface area contributed by atoms with E-state index < -0.39 is 5.97 Å². The maximum Gasteiger partial charge on any atom is 0.314 e. The number of urea groups is 1. The molecule has 0 unspecified atom stereocenters. The zero-order chi connectivity index (χ0) is 15.6. The molecule has 0 heterocycles. The quantitative estimate of drug-likeness (QED) is 0.534. The Morgan fingerprint density at radius 1 is 1.05 bits per heavy atom. The Kier molecular flexibility index (Phi) is 8.96. The van der Waals surface area contributed by atoms with Crippen LogP contribution in [0.1, 0.15) is 46.0 Å². The lowest BCUT2D eigenvalue weighted by molar-refractivity contribution is -0.137. The zero-order valence-electron chi connectivity index (χ0n) is 13.2. The molecule has 0 aromatic rings. The fourth-order valence-corrected chi connectivity index (χ4v) is 1.47. The van der Waals surface area contributed by atoms with Gasteiger partial charge in [-0.2, -0.15) is 0 Å². The first-order chi connectivity index (χ1) is 9.25. The summed E-state index contributed by atoms with van der Waals surface area (Å²) in [4.78, 5) is 23.9. The van der Waals surface area contributed by atoms with E-state index in [-0.39, 0.29) is 18.0 Å². The molecule has 118 valence electrons. The second kappa shape index (κ2) is 9.58. The number of carbonyl (C=O) groups excluding carboxylic acids is 1. The van der Waals surface area contributed by atoms with E-state index in [9.17, 15) is 9.59 Å². The number of rotatable bonds is 10. The largest absolute Gasteiger partial charge is 0.481 e. The minimum Gasteiger partial charge on any atom is -0.481 e. The molecule has 0 radical (unpaired) electrons. The van der Waals surface area contributed by atoms with Gasteiger partial charge in [-0.3, -0.25) is 4.79 Å². The van der Waals surface area contributed by atoms with Gasteiger partial charge in [0.1, 0.15) is 0 Å². The Morgan fingerprint density at radius 3 is 2.20 bits per heavy atom. The summed E-state index contributed by atoms with van der Waals surface area (Å²) in [6.07, 6.45) is 3.65. The van der Waals surface area contributed by atoms with Crippen molar-refractivity contribution in [1.82, 2.24) is 15.5 Å². The number of nitrogens with zero attached hydrogens (tertiary/aromatic N) is 1. The highest BCUT2D eigenvalue weighted by Crippen LogP contribution is 2.07. The molecule has 0 aromatic heterocycles. The molecule has 2 amide bonds. The van der Waals surface area contributed by atoms with Crippen LogP contribution < -0.4 is 10.6 Å². The highest BCUT2D eigenvalue weighted by Gasteiger charge is 2.20. The molecule has 6 nitrogen and oxygen atoms in total. The van der Waals surface area contributed by atoms with Crippen molar-refractivity contribution in [2.45, 2.75) is 51.5 Å². The van der Waals surface area contributed by atoms with Crippen molar-refractivity contribution < 1.29 is 14.7 Å². The molecule has 6 heteroatoms. The molecule has 0 fully saturated rings. The Labute approximate surface area is 121 Å². The molecule has 0 aliphatic carbocycles. The van der Waals surface area contributed by atoms with Gasteiger partial charge in [0, 0.05) is 25.0 Å². The molecular formula is C14H29N3O3. The monoisotopic (exact) mass is 287 g/mol. The molecule has 0 aliphatic rings. The van der Waals surface area contributed by atoms with E-state index in [4.69, 9.17) is 5.11 Å². The molecule has 0 saturated carbocycles. The van der Waals surface area contributed by atoms with E-state index in [2.05, 4.69) is 29.4 Å². The SMILES string of the molecule is CN(C)C(C)(C)CNC(=O)NCCCCCCC(=O)O. The van der Waals surface area contributed by atoms with Crippen molar-refractivity contribution in [3.05, 3.63) is 0 Å². The maximum absolute atomic E-state index is 11.6. The summed E-state index contributed by atoms with van der Waals surface area (Å²) in [5, 5.41) is 14.1. The number of carboxylic acids is 1. The van der Waals surface area contributed by atoms with Crippen LogP contribution in [0.2, 0.25) is 0 Å². The normalized spacial score (nSPS) is 11.4. The molecule has 0 rings (SSSR count). The molecule has 0 aromatic carbocycles. The maximum atomic E-state index is 11.6. The van der Waals surface area contributed by atoms with Gasteiger partial charge in [0.05, 0.1) is 0 Å². The predicted octanol–water partition coefficient (Wildman–Crippen LogP) is 1.66. The van der Waals surface area contributed by atoms with Gasteiger partial charge in [0.25, 0.3) is 0 Å². The van der Waals surface area contributed by atoms with Crippen molar-refractivity contribution in [3.63, 3.8) is 0 Å². The highest BCUT2D eigenvalue weighted by atomic mass is 16.4. The van der Waals surface area contributed by atoms with Crippen molar-refractivity contribution in [3.8, 4) is 0 Å². The van der Waals surface area contributed by atoms with Crippen LogP contribution in [0, 0.1) is 0 Å². The molecule has 0 spiro atoms. The minimum absolute atomic E-state index is 0.0752. The predicted molar refractivity (Wildman–Crippen MR) is 79.9 cm³/mol. The lowest BCUT2D eigenvalue weighted by Crippen LogP contribution is -2.50. The van der Waals surface area contributed by atoms with Crippen LogP contribution in [0.5, 0.6) is 0 Å². The summed E-state index contributed by atoms with van der Waals surface area (Å²) in [5.41, 5.74) is -0.0752. The van der Waals surface area contributed by atoms with Crippen LogP contribution in [-0.2, 0) is 4.79 Å². The Bertz CT molecular complexity index is 304. The fourth-order valence-electron chi connectivity index (χ4n) is 1.47. The van der Waals surface area contributed by atoms with Gasteiger partial charge in [-0.1, -0.05) is 12.8 Å². The highest BCUT2D eigenvalue weighted by molar-refractivity contribution is 5.73. The van der Waals surface area contributed by atoms with Gasteiger partial charge >= 0.3 is 12.0 Å². The number of aliphatic carboxylic acids is 1. The van der Waals surface area contributed by atoms with Crippen LogP contribution in [0.3, 0.4) is 0 Å². The number of carbonyl (C=O) groups is 2. The molecule has 0 aliphatic heterocycles. The van der Waals surface area contributed by atoms with Gasteiger partial charge in [-0.15, -0.1) is 0 Å². The smallest absolute Gasteiger partial charge is 0.314 e. The molecular weight excluding hydrogens is 258 g/mol. The lowest BCUT2D eigenvalue weighted by Gasteiger charge is -2.32. The van der Waals surface area contributed by atoms with Crippen LogP contribution in [-0.4, -0.2) is 54.7 Å². The number of hydrogen-bond donors (Lipinski definition) is 3. The third-order valence-corrected chi connectivity index (χ3v) is 3.50. The van der Waals surface area contributed by atoms with Gasteiger partial charge in [0.2, 0.25) is 0 Å². The van der Waals surface area contributed by atoms with Crippen molar-refractivity contribution in [1.29, 1.82) is 0 Å². The molecule has 20 heavy (non-hydrogen) atoms. The summed E-state index contributed by atoms with van der Waals surface area (Å²) >= 11 is 0. The number of unbranched alkanes of at least 4 members (excludes halogenated alkanes) is 3. The van der Waals surface area contributed by atoms with Crippen LogP contribution in [0.25, 0.3) is 0 Å². The molecule has 3 N–H and O–H groups in total. The van der Waals surface area contributed by atoms with E-state index in [0.29, 0.717) is 19.5 Å². The summed E-state index contributed by atoms with van der Waals surface area (Å²) in [5.74, 6) is -0.744. The topological polar surface area (TPSA) is 81.7 Å². The first kappa shape index (κ1) is 18.7. The number of nitrogens with one attached hydrogen (secondary N) is 2. The Hall–Kier alpha value is -1.30. The van der Waals surface area contributed by atoms with Crippen molar-refractivity contribution in [2.75, 3.05) is 27.2 Å². The zero-order valence-corrected chi connectivity index (χ0v) is 13.2. The molecule has 0 atom stereocenters. The molecule has 0 bridgehead atoms. The Morgan fingerprint density at radius 2 is 1.65 bits per heavy atom. The van der Waals surface area contributed by atoms with Crippen LogP contribution >= 0.6 is 0 Å². The third kappa shape index (κ3) is 9.61. The van der Waals surface area contributed by atoms with E-state index in [1.165, 1.54) is 0 Å². The van der Waals surface area contributed by atoms with Crippen molar-refractivity contribution in [2.24, 2.45) is 0 Å². The first-order valence-corrected chi connectivity index (χ1v) is 7.16. The van der Waals surface area contributed by atoms with Crippen LogP contribution in [0.4, 0.5) is 4.79 Å². The lowest BCUT2D eigenvalue weighted by atomic mass is 10.1. The van der Waals surface area contributed by atoms with Gasteiger partial charge < -0.3 is 20.6 Å². The Balaban J connectivity index is 3.53. The summed E-state index contributed by atoms with van der Waals surface area (Å²) in [6, 6.07) is -0.148. The number of amides is 2. The third-order valence-electron chi connectivity index (χ3n) is 3.50. The van der Waals surface area contributed by atoms with Gasteiger partial charge in [-0.25, -0.2) is 4.79 Å². The summed E-state index contributed by atoms with van der Waals surface area (Å²) in [6.45, 7) is 5.34. The summed E-state index contributed by atoms with van der Waals surface area (Å²) < 4.78 is 0. The first-order valence-electron chi connectivity index (χ1n) is 7.16. The standard InChI is InChI=1S/C14H29N3O3/c1-14(2,17(3)4)11-16-13(20)15-10-8-6-5-7-9-12(18)19/h5-11H2,1-4H3,(H,18,19)(H2,15,16,20). The average molecular weight is 287 g/mol. The second-order valence-electron chi connectivity index (χ2n) is 5.87. The number of hydrogen-bond acceptors (Lipinski definition) is 3. The van der Waals surface area contributed by atoms with Crippen molar-refractivity contribution >= 4 is 12.0 Å². The summed E-state index contributed by atoms with van der Waals surface area (Å²) in [7, 11) is 3.97. The molecule has 0 saturated heterocycles. The second-order valence-corrected chi connectivity index (χ2v) is 5.87. The van der Waals surface area contributed by atoms with E-state index in [0.717, 1.165) is 19.3 Å². The van der Waals surface area contributed by atoms with Gasteiger partial charge in [-0.05, 0) is 40.8 Å². The van der Waals surface area contributed by atoms with E-state index in [1.807, 2.05) is 14.1 Å². The number of carboxylic acid groups (broad SMARTS) is 1. The van der Waals surface area contributed by atoms with Crippen LogP contribution in [0.15, 0.2) is 0 Å². The number of likely N-dealkylation sites (N-methyl/N-ethyl adjacent to an activating group) is 1. The average Bonchev–Trinajstić information content (AvgIpc) is 2.34. The van der Waals surface area contributed by atoms with E-state index in [1.54, 1.807) is 0 Å². The van der Waals surface area contributed by atoms with Gasteiger partial charge in [0.15, 0.2) is 0 Å². The fraction of sp³-hybridized carbons (Fsp3) is 0.857. The van der Waals surface area contributed by atoms with E-state index >= 15 is 0 Å². The minimum atomic E-state index is -0.744.